The molecule has 3 nitrogen and oxygen atoms in total. The first-order valence-corrected chi connectivity index (χ1v) is 4.62. The van der Waals surface area contributed by atoms with E-state index in [2.05, 4.69) is 9.88 Å². The summed E-state index contributed by atoms with van der Waals surface area (Å²) in [5.41, 5.74) is 0.921. The van der Waals surface area contributed by atoms with Crippen LogP contribution in [-0.4, -0.2) is 28.8 Å². The minimum absolute atomic E-state index is 0.616. The molecule has 1 aromatic rings. The van der Waals surface area contributed by atoms with Crippen molar-refractivity contribution in [2.45, 2.75) is 12.8 Å². The van der Waals surface area contributed by atoms with Gasteiger partial charge in [0.1, 0.15) is 5.84 Å². The van der Waals surface area contributed by atoms with E-state index < -0.39 is 0 Å². The summed E-state index contributed by atoms with van der Waals surface area (Å²) in [4.78, 5) is 6.12. The lowest BCUT2D eigenvalue weighted by molar-refractivity contribution is 0.517. The molecule has 2 rings (SSSR count). The summed E-state index contributed by atoms with van der Waals surface area (Å²) in [5, 5.41) is 7.91. The summed E-state index contributed by atoms with van der Waals surface area (Å²) >= 11 is 0. The van der Waals surface area contributed by atoms with Crippen LogP contribution in [0.1, 0.15) is 18.4 Å². The average molecular weight is 175 g/mol. The van der Waals surface area contributed by atoms with Crippen LogP contribution in [0.4, 0.5) is 0 Å². The number of hydrogen-bond donors (Lipinski definition) is 1. The average Bonchev–Trinajstić information content (AvgIpc) is 2.71. The second-order valence-corrected chi connectivity index (χ2v) is 3.28. The van der Waals surface area contributed by atoms with Crippen molar-refractivity contribution in [3.63, 3.8) is 0 Å². The van der Waals surface area contributed by atoms with E-state index in [1.165, 1.54) is 12.8 Å². The maximum Gasteiger partial charge on any atom is 0.129 e. The molecule has 0 amide bonds. The van der Waals surface area contributed by atoms with Gasteiger partial charge in [0, 0.05) is 31.0 Å². The predicted octanol–water partition coefficient (Wildman–Crippen LogP) is 1.50. The fraction of sp³-hybridized carbons (Fsp3) is 0.400. The van der Waals surface area contributed by atoms with E-state index in [1.807, 2.05) is 12.1 Å². The zero-order valence-corrected chi connectivity index (χ0v) is 7.53. The van der Waals surface area contributed by atoms with Crippen LogP contribution in [0.2, 0.25) is 0 Å². The van der Waals surface area contributed by atoms with Crippen molar-refractivity contribution < 1.29 is 0 Å². The van der Waals surface area contributed by atoms with E-state index in [1.54, 1.807) is 12.4 Å². The van der Waals surface area contributed by atoms with Gasteiger partial charge in [0.2, 0.25) is 0 Å². The van der Waals surface area contributed by atoms with Crippen molar-refractivity contribution in [1.82, 2.24) is 9.88 Å². The number of hydrogen-bond acceptors (Lipinski definition) is 2. The first-order valence-electron chi connectivity index (χ1n) is 4.62. The molecule has 1 N–H and O–H groups in total. The largest absolute Gasteiger partial charge is 0.357 e. The van der Waals surface area contributed by atoms with Gasteiger partial charge in [0.05, 0.1) is 0 Å². The van der Waals surface area contributed by atoms with Crippen molar-refractivity contribution in [2.75, 3.05) is 13.1 Å². The number of nitrogens with one attached hydrogen (secondary N) is 1. The highest BCUT2D eigenvalue weighted by molar-refractivity contribution is 5.96. The summed E-state index contributed by atoms with van der Waals surface area (Å²) in [6.07, 6.45) is 5.91. The summed E-state index contributed by atoms with van der Waals surface area (Å²) in [5.74, 6) is 0.616. The SMILES string of the molecule is N=C(c1cccnc1)N1CCCC1. The third kappa shape index (κ3) is 1.69. The molecule has 0 bridgehead atoms. The molecule has 3 heteroatoms. The highest BCUT2D eigenvalue weighted by atomic mass is 15.2. The molecule has 0 spiro atoms. The molecule has 0 aromatic carbocycles. The highest BCUT2D eigenvalue weighted by Crippen LogP contribution is 2.11. The zero-order valence-electron chi connectivity index (χ0n) is 7.53. The molecule has 13 heavy (non-hydrogen) atoms. The van der Waals surface area contributed by atoms with Gasteiger partial charge in [-0.3, -0.25) is 10.4 Å². The smallest absolute Gasteiger partial charge is 0.129 e. The molecule has 0 unspecified atom stereocenters. The molecular formula is C10H13N3. The highest BCUT2D eigenvalue weighted by Gasteiger charge is 2.15. The normalized spacial score (nSPS) is 16.2. The number of rotatable bonds is 1. The van der Waals surface area contributed by atoms with Crippen LogP contribution in [0.3, 0.4) is 0 Å². The lowest BCUT2D eigenvalue weighted by atomic mass is 10.2. The van der Waals surface area contributed by atoms with Crippen LogP contribution in [-0.2, 0) is 0 Å². The third-order valence-corrected chi connectivity index (χ3v) is 2.36. The summed E-state index contributed by atoms with van der Waals surface area (Å²) in [6.45, 7) is 2.04. The van der Waals surface area contributed by atoms with E-state index in [0.717, 1.165) is 18.7 Å². The second kappa shape index (κ2) is 3.56. The van der Waals surface area contributed by atoms with Crippen LogP contribution in [0.5, 0.6) is 0 Å². The Morgan fingerprint density at radius 2 is 2.15 bits per heavy atom. The quantitative estimate of drug-likeness (QED) is 0.519. The van der Waals surface area contributed by atoms with Gasteiger partial charge >= 0.3 is 0 Å². The van der Waals surface area contributed by atoms with Crippen molar-refractivity contribution in [3.05, 3.63) is 30.1 Å². The Labute approximate surface area is 77.9 Å². The number of pyridine rings is 1. The van der Waals surface area contributed by atoms with Gasteiger partial charge in [-0.25, -0.2) is 0 Å². The van der Waals surface area contributed by atoms with Crippen LogP contribution >= 0.6 is 0 Å². The Balaban J connectivity index is 2.13. The predicted molar refractivity (Wildman–Crippen MR) is 51.9 cm³/mol. The van der Waals surface area contributed by atoms with Crippen LogP contribution in [0.25, 0.3) is 0 Å². The number of likely N-dealkylation sites (tertiary alicyclic amines) is 1. The summed E-state index contributed by atoms with van der Waals surface area (Å²) < 4.78 is 0. The number of nitrogens with zero attached hydrogens (tertiary/aromatic N) is 2. The van der Waals surface area contributed by atoms with E-state index in [-0.39, 0.29) is 0 Å². The van der Waals surface area contributed by atoms with Crippen LogP contribution in [0, 0.1) is 5.41 Å². The molecule has 0 radical (unpaired) electrons. The lowest BCUT2D eigenvalue weighted by Crippen LogP contribution is -2.27. The zero-order chi connectivity index (χ0) is 9.10. The van der Waals surface area contributed by atoms with E-state index in [4.69, 9.17) is 5.41 Å². The van der Waals surface area contributed by atoms with Gasteiger partial charge in [-0.2, -0.15) is 0 Å². The molecule has 1 fully saturated rings. The third-order valence-electron chi connectivity index (χ3n) is 2.36. The minimum atomic E-state index is 0.616. The summed E-state index contributed by atoms with van der Waals surface area (Å²) in [7, 11) is 0. The standard InChI is InChI=1S/C10H13N3/c11-10(13-6-1-2-7-13)9-4-3-5-12-8-9/h3-5,8,11H,1-2,6-7H2. The fourth-order valence-electron chi connectivity index (χ4n) is 1.63. The van der Waals surface area contributed by atoms with E-state index in [9.17, 15) is 0 Å². The number of aromatic nitrogens is 1. The van der Waals surface area contributed by atoms with Gasteiger partial charge < -0.3 is 4.90 Å². The van der Waals surface area contributed by atoms with Crippen LogP contribution < -0.4 is 0 Å². The van der Waals surface area contributed by atoms with Gasteiger partial charge in [-0.1, -0.05) is 0 Å². The first-order chi connectivity index (χ1) is 6.38. The molecular weight excluding hydrogens is 162 g/mol. The maximum absolute atomic E-state index is 7.91. The molecule has 1 aliphatic rings. The Bertz CT molecular complexity index is 288. The van der Waals surface area contributed by atoms with Crippen LogP contribution in [0.15, 0.2) is 24.5 Å². The first kappa shape index (κ1) is 8.23. The maximum atomic E-state index is 7.91. The Hall–Kier alpha value is -1.38. The Kier molecular flexibility index (Phi) is 2.25. The molecule has 0 saturated carbocycles. The lowest BCUT2D eigenvalue weighted by Gasteiger charge is -2.17. The van der Waals surface area contributed by atoms with E-state index in [0.29, 0.717) is 5.84 Å². The van der Waals surface area contributed by atoms with Crippen molar-refractivity contribution in [3.8, 4) is 0 Å². The van der Waals surface area contributed by atoms with Gasteiger partial charge in [0.15, 0.2) is 0 Å². The topological polar surface area (TPSA) is 40.0 Å². The Morgan fingerprint density at radius 3 is 2.77 bits per heavy atom. The molecule has 1 aromatic heterocycles. The van der Waals surface area contributed by atoms with E-state index >= 15 is 0 Å². The molecule has 1 aliphatic heterocycles. The molecule has 0 aliphatic carbocycles. The monoisotopic (exact) mass is 175 g/mol. The molecule has 0 atom stereocenters. The van der Waals surface area contributed by atoms with Gasteiger partial charge in [-0.15, -0.1) is 0 Å². The summed E-state index contributed by atoms with van der Waals surface area (Å²) in [6, 6.07) is 3.81. The molecule has 68 valence electrons. The Morgan fingerprint density at radius 1 is 1.38 bits per heavy atom. The second-order valence-electron chi connectivity index (χ2n) is 3.28. The van der Waals surface area contributed by atoms with Gasteiger partial charge in [0.25, 0.3) is 0 Å². The van der Waals surface area contributed by atoms with Crippen molar-refractivity contribution in [2.24, 2.45) is 0 Å². The van der Waals surface area contributed by atoms with Crippen molar-refractivity contribution in [1.29, 1.82) is 5.41 Å². The minimum Gasteiger partial charge on any atom is -0.357 e. The van der Waals surface area contributed by atoms with Crippen molar-refractivity contribution >= 4 is 5.84 Å². The molecule has 1 saturated heterocycles. The fourth-order valence-corrected chi connectivity index (χ4v) is 1.63. The molecule has 2 heterocycles. The number of amidine groups is 1. The van der Waals surface area contributed by atoms with Gasteiger partial charge in [-0.05, 0) is 25.0 Å².